The Bertz CT molecular complexity index is 1830. The summed E-state index contributed by atoms with van der Waals surface area (Å²) in [6.07, 6.45) is 2.00. The number of nitro benzene ring substituents is 1. The number of benzene rings is 4. The molecule has 3 aliphatic rings. The number of ketones is 2. The molecule has 4 aromatic rings. The fourth-order valence-corrected chi connectivity index (χ4v) is 7.09. The number of fused-ring (bicyclic) bond motifs is 6. The van der Waals surface area contributed by atoms with Gasteiger partial charge >= 0.3 is 0 Å². The lowest BCUT2D eigenvalue weighted by Crippen LogP contribution is -2.51. The van der Waals surface area contributed by atoms with E-state index in [1.54, 1.807) is 24.3 Å². The first-order valence-electron chi connectivity index (χ1n) is 13.7. The van der Waals surface area contributed by atoms with Gasteiger partial charge in [-0.2, -0.15) is 0 Å². The highest BCUT2D eigenvalue weighted by Crippen LogP contribution is 2.58. The van der Waals surface area contributed by atoms with Gasteiger partial charge in [0.05, 0.1) is 16.9 Å². The third-order valence-electron chi connectivity index (χ3n) is 8.86. The van der Waals surface area contributed by atoms with Crippen molar-refractivity contribution in [3.05, 3.63) is 142 Å². The maximum atomic E-state index is 14.7. The summed E-state index contributed by atoms with van der Waals surface area (Å²) < 4.78 is 0. The lowest BCUT2D eigenvalue weighted by Gasteiger charge is -2.39. The molecule has 206 valence electrons. The largest absolute Gasteiger partial charge is 0.352 e. The number of allylic oxidation sites excluding steroid dienone is 1. The van der Waals surface area contributed by atoms with E-state index in [2.05, 4.69) is 5.32 Å². The Morgan fingerprint density at radius 3 is 2.21 bits per heavy atom. The molecule has 1 spiro atoms. The normalized spacial score (nSPS) is 23.5. The van der Waals surface area contributed by atoms with Crippen LogP contribution >= 0.6 is 0 Å². The third kappa shape index (κ3) is 3.44. The molecule has 1 N–H and O–H groups in total. The Morgan fingerprint density at radius 1 is 0.833 bits per heavy atom. The number of hydrogen-bond donors (Lipinski definition) is 1. The molecule has 1 amide bonds. The summed E-state index contributed by atoms with van der Waals surface area (Å²) in [5, 5.41) is 14.4. The molecule has 4 aromatic carbocycles. The highest BCUT2D eigenvalue weighted by Gasteiger charge is 2.70. The number of para-hydroxylation sites is 2. The number of nitrogens with zero attached hydrogens (tertiary/aromatic N) is 2. The van der Waals surface area contributed by atoms with Crippen LogP contribution in [0.25, 0.3) is 5.57 Å². The molecule has 0 aliphatic carbocycles. The number of amides is 1. The van der Waals surface area contributed by atoms with Crippen molar-refractivity contribution in [3.8, 4) is 0 Å². The van der Waals surface area contributed by atoms with Gasteiger partial charge in [-0.15, -0.1) is 0 Å². The van der Waals surface area contributed by atoms with Crippen LogP contribution in [0.2, 0.25) is 0 Å². The summed E-state index contributed by atoms with van der Waals surface area (Å²) >= 11 is 0. The van der Waals surface area contributed by atoms with E-state index in [-0.39, 0.29) is 28.7 Å². The van der Waals surface area contributed by atoms with Crippen molar-refractivity contribution < 1.29 is 19.3 Å². The van der Waals surface area contributed by atoms with Crippen LogP contribution in [0, 0.1) is 16.0 Å². The van der Waals surface area contributed by atoms with Crippen LogP contribution in [0.4, 0.5) is 17.1 Å². The first-order chi connectivity index (χ1) is 20.3. The minimum atomic E-state index is -1.42. The third-order valence-corrected chi connectivity index (χ3v) is 8.86. The van der Waals surface area contributed by atoms with E-state index in [1.807, 2.05) is 72.5 Å². The zero-order valence-corrected chi connectivity index (χ0v) is 22.6. The maximum Gasteiger partial charge on any atom is 0.269 e. The summed E-state index contributed by atoms with van der Waals surface area (Å²) in [6.45, 7) is 1.97. The van der Waals surface area contributed by atoms with Gasteiger partial charge in [0.25, 0.3) is 5.69 Å². The molecule has 4 atom stereocenters. The summed E-state index contributed by atoms with van der Waals surface area (Å²) in [5.74, 6) is -2.15. The predicted molar refractivity (Wildman–Crippen MR) is 159 cm³/mol. The van der Waals surface area contributed by atoms with Crippen LogP contribution in [-0.2, 0) is 10.2 Å². The quantitative estimate of drug-likeness (QED) is 0.188. The zero-order chi connectivity index (χ0) is 29.2. The number of carbonyl (C=O) groups is 3. The van der Waals surface area contributed by atoms with E-state index >= 15 is 0 Å². The summed E-state index contributed by atoms with van der Waals surface area (Å²) in [5.41, 5.74) is 2.94. The molecule has 0 unspecified atom stereocenters. The average Bonchev–Trinajstić information content (AvgIpc) is 3.49. The van der Waals surface area contributed by atoms with E-state index < -0.39 is 28.3 Å². The minimum absolute atomic E-state index is 0.143. The molecule has 1 saturated heterocycles. The van der Waals surface area contributed by atoms with Crippen molar-refractivity contribution in [2.75, 3.05) is 10.2 Å². The number of non-ortho nitro benzene ring substituents is 1. The Kier molecular flexibility index (Phi) is 5.69. The molecule has 42 heavy (non-hydrogen) atoms. The number of rotatable bonds is 5. The van der Waals surface area contributed by atoms with Crippen molar-refractivity contribution in [3.63, 3.8) is 0 Å². The second-order valence-electron chi connectivity index (χ2n) is 10.9. The van der Waals surface area contributed by atoms with E-state index in [4.69, 9.17) is 0 Å². The summed E-state index contributed by atoms with van der Waals surface area (Å²) in [4.78, 5) is 56.5. The van der Waals surface area contributed by atoms with E-state index in [0.717, 1.165) is 16.8 Å². The molecular weight excluding hydrogens is 530 g/mol. The number of Topliss-reactive ketones (excluding diaryl/α,β-unsaturated/α-hetero) is 2. The van der Waals surface area contributed by atoms with Crippen molar-refractivity contribution in [2.45, 2.75) is 24.4 Å². The van der Waals surface area contributed by atoms with Crippen molar-refractivity contribution in [1.29, 1.82) is 0 Å². The highest BCUT2D eigenvalue weighted by molar-refractivity contribution is 6.18. The van der Waals surface area contributed by atoms with Gasteiger partial charge in [0.15, 0.2) is 11.6 Å². The van der Waals surface area contributed by atoms with Crippen LogP contribution in [0.15, 0.2) is 109 Å². The standard InChI is InChI=1S/C34H25N3O5/c1-20-19-28-34(25-12-6-7-13-26(25)35-33(34)40)29(31(38)21-9-3-2-4-10-21)30(36(28)27-14-8-5-11-24(20)27)32(39)22-15-17-23(18-16-22)37(41)42/h2-19,28-30H,1H3,(H,35,40)/t28-,29+,30-,34-/m0/s1. The second kappa shape index (κ2) is 9.34. The van der Waals surface area contributed by atoms with Crippen LogP contribution < -0.4 is 10.2 Å². The van der Waals surface area contributed by atoms with Gasteiger partial charge in [0.1, 0.15) is 11.5 Å². The van der Waals surface area contributed by atoms with Gasteiger partial charge in [-0.05, 0) is 42.3 Å². The van der Waals surface area contributed by atoms with Gasteiger partial charge < -0.3 is 10.2 Å². The molecule has 0 bridgehead atoms. The molecule has 3 aliphatic heterocycles. The monoisotopic (exact) mass is 555 g/mol. The van der Waals surface area contributed by atoms with Crippen LogP contribution in [-0.4, -0.2) is 34.5 Å². The SMILES string of the molecule is CC1=C[C@@H]2N(c3ccccc31)[C@H](C(=O)c1ccc([N+](=O)[O-])cc1)[C@H](C(=O)c1ccccc1)[C@@]21C(=O)Nc2ccccc21. The molecule has 3 heterocycles. The molecule has 1 fully saturated rings. The van der Waals surface area contributed by atoms with Gasteiger partial charge in [0.2, 0.25) is 5.91 Å². The maximum absolute atomic E-state index is 14.7. The number of nitro groups is 1. The van der Waals surface area contributed by atoms with Crippen molar-refractivity contribution in [1.82, 2.24) is 0 Å². The topological polar surface area (TPSA) is 110 Å². The Balaban J connectivity index is 1.53. The molecule has 0 radical (unpaired) electrons. The molecule has 0 aromatic heterocycles. The van der Waals surface area contributed by atoms with Crippen molar-refractivity contribution in [2.24, 2.45) is 5.92 Å². The summed E-state index contributed by atoms with van der Waals surface area (Å²) in [7, 11) is 0. The van der Waals surface area contributed by atoms with Gasteiger partial charge in [-0.25, -0.2) is 0 Å². The molecule has 8 heteroatoms. The Hall–Kier alpha value is -5.37. The lowest BCUT2D eigenvalue weighted by atomic mass is 9.64. The number of hydrogen-bond acceptors (Lipinski definition) is 6. The smallest absolute Gasteiger partial charge is 0.269 e. The van der Waals surface area contributed by atoms with Gasteiger partial charge in [-0.3, -0.25) is 24.5 Å². The van der Waals surface area contributed by atoms with Crippen LogP contribution in [0.3, 0.4) is 0 Å². The average molecular weight is 556 g/mol. The minimum Gasteiger partial charge on any atom is -0.352 e. The second-order valence-corrected chi connectivity index (χ2v) is 10.9. The molecule has 7 rings (SSSR count). The number of anilines is 2. The number of nitrogens with one attached hydrogen (secondary N) is 1. The Labute approximate surface area is 241 Å². The van der Waals surface area contributed by atoms with Gasteiger partial charge in [-0.1, -0.05) is 72.8 Å². The summed E-state index contributed by atoms with van der Waals surface area (Å²) in [6, 6.07) is 27.4. The molecular formula is C34H25N3O5. The van der Waals surface area contributed by atoms with E-state index in [9.17, 15) is 24.5 Å². The highest BCUT2D eigenvalue weighted by atomic mass is 16.6. The van der Waals surface area contributed by atoms with E-state index in [1.165, 1.54) is 24.3 Å². The number of carbonyl (C=O) groups excluding carboxylic acids is 3. The van der Waals surface area contributed by atoms with Crippen LogP contribution in [0.5, 0.6) is 0 Å². The fraction of sp³-hybridized carbons (Fsp3) is 0.147. The Morgan fingerprint density at radius 2 is 1.48 bits per heavy atom. The van der Waals surface area contributed by atoms with Crippen molar-refractivity contribution >= 4 is 40.1 Å². The fourth-order valence-electron chi connectivity index (χ4n) is 7.09. The van der Waals surface area contributed by atoms with Gasteiger partial charge in [0, 0.05) is 40.2 Å². The molecule has 8 nitrogen and oxygen atoms in total. The zero-order valence-electron chi connectivity index (χ0n) is 22.6. The first-order valence-corrected chi connectivity index (χ1v) is 13.7. The van der Waals surface area contributed by atoms with E-state index in [0.29, 0.717) is 16.8 Å². The predicted octanol–water partition coefficient (Wildman–Crippen LogP) is 5.84. The molecule has 0 saturated carbocycles. The van der Waals surface area contributed by atoms with Crippen LogP contribution in [0.1, 0.15) is 38.8 Å². The lowest BCUT2D eigenvalue weighted by molar-refractivity contribution is -0.384. The first kappa shape index (κ1) is 25.6.